The fourth-order valence-corrected chi connectivity index (χ4v) is 8.28. The van der Waals surface area contributed by atoms with E-state index in [1.807, 2.05) is 0 Å². The lowest BCUT2D eigenvalue weighted by Crippen LogP contribution is -2.75. The molecule has 5 aromatic rings. The monoisotopic (exact) mass is 1100 g/mol. The fourth-order valence-electron chi connectivity index (χ4n) is 7.50. The summed E-state index contributed by atoms with van der Waals surface area (Å²) in [4.78, 5) is 23.2. The predicted octanol–water partition coefficient (Wildman–Crippen LogP) is 13.0. The van der Waals surface area contributed by atoms with E-state index in [-0.39, 0.29) is 17.3 Å². The minimum Gasteiger partial charge on any atom is -0.294 e. The molecule has 0 amide bonds. The highest BCUT2D eigenvalue weighted by atomic mass is 32.2. The number of carbonyl (C=O) groups is 2. The Balaban J connectivity index is 0.000000613. The Labute approximate surface area is 395 Å². The summed E-state index contributed by atoms with van der Waals surface area (Å²) >= 11 is 0. The van der Waals surface area contributed by atoms with Crippen molar-refractivity contribution >= 4 is 49.5 Å². The Morgan fingerprint density at radius 3 is 0.726 bits per heavy atom. The molecule has 398 valence electrons. The summed E-state index contributed by atoms with van der Waals surface area (Å²) in [6.45, 7) is 1.42. The minimum absolute atomic E-state index is 0.0166. The normalized spacial score (nSPS) is 13.6. The average molecular weight is 1100 g/mol. The molecule has 29 heteroatoms. The van der Waals surface area contributed by atoms with Crippen molar-refractivity contribution in [3.05, 3.63) is 153 Å². The van der Waals surface area contributed by atoms with Gasteiger partial charge in [0, 0.05) is 11.1 Å². The van der Waals surface area contributed by atoms with Crippen LogP contribution in [0.3, 0.4) is 0 Å². The van der Waals surface area contributed by atoms with Crippen LogP contribution in [0, 0.1) is 0 Å². The van der Waals surface area contributed by atoms with E-state index < -0.39 is 205 Å². The van der Waals surface area contributed by atoms with E-state index in [0.29, 0.717) is 11.1 Å². The molecule has 0 bridgehead atoms. The third kappa shape index (κ3) is 14.2. The first-order chi connectivity index (χ1) is 32.6. The molecule has 0 spiro atoms. The van der Waals surface area contributed by atoms with Crippen molar-refractivity contribution in [2.75, 3.05) is 18.3 Å². The summed E-state index contributed by atoms with van der Waals surface area (Å²) in [5, 5.41) is 0. The van der Waals surface area contributed by atoms with Crippen molar-refractivity contribution in [1.82, 2.24) is 0 Å². The van der Waals surface area contributed by atoms with Crippen LogP contribution in [0.2, 0.25) is 0 Å². The highest BCUT2D eigenvalue weighted by molar-refractivity contribution is 8.02. The zero-order chi connectivity index (χ0) is 56.3. The van der Waals surface area contributed by atoms with Crippen molar-refractivity contribution in [1.29, 1.82) is 0 Å². The number of alkyl halides is 24. The van der Waals surface area contributed by atoms with Crippen LogP contribution in [0.15, 0.2) is 97.1 Å². The molecule has 5 rings (SSSR count). The van der Waals surface area contributed by atoms with Gasteiger partial charge in [0.2, 0.25) is 5.78 Å². The smallest absolute Gasteiger partial charge is 0.294 e. The molecule has 0 aliphatic carbocycles. The van der Waals surface area contributed by atoms with E-state index in [4.69, 9.17) is 0 Å². The van der Waals surface area contributed by atoms with E-state index >= 15 is 0 Å². The first-order valence-corrected chi connectivity index (χ1v) is 22.0. The van der Waals surface area contributed by atoms with Crippen LogP contribution >= 0.6 is 0 Å². The topological polar surface area (TPSA) is 51.2 Å². The molecule has 0 aliphatic heterocycles. The molecule has 0 fully saturated rings. The number of carbonyl (C=O) groups excluding carboxylic acids is 2. The first kappa shape index (κ1) is 59.5. The highest BCUT2D eigenvalue weighted by Crippen LogP contribution is 2.41. The van der Waals surface area contributed by atoms with E-state index in [1.165, 1.54) is 6.92 Å². The van der Waals surface area contributed by atoms with Crippen LogP contribution in [0.1, 0.15) is 72.1 Å². The highest BCUT2D eigenvalue weighted by Gasteiger charge is 2.47. The molecule has 0 aliphatic rings. The average Bonchev–Trinajstić information content (AvgIpc) is 3.20. The number of halogens is 24. The lowest BCUT2D eigenvalue weighted by atomic mass is 9.12. The summed E-state index contributed by atoms with van der Waals surface area (Å²) in [6, 6.07) is -2.18. The van der Waals surface area contributed by atoms with Gasteiger partial charge in [-0.15, -0.1) is 4.21 Å². The molecule has 0 saturated carbocycles. The lowest BCUT2D eigenvalue weighted by molar-refractivity contribution is -0.144. The van der Waals surface area contributed by atoms with Crippen molar-refractivity contribution in [2.45, 2.75) is 56.3 Å². The molecular weight excluding hydrogens is 1080 g/mol. The molecular formula is C44H27BF24O3S. The summed E-state index contributed by atoms with van der Waals surface area (Å²) in [6.07, 6.45) is -51.7. The second kappa shape index (κ2) is 19.7. The summed E-state index contributed by atoms with van der Waals surface area (Å²) in [7, 11) is -2.12. The van der Waals surface area contributed by atoms with Crippen LogP contribution in [-0.4, -0.2) is 36.0 Å². The second-order valence-electron chi connectivity index (χ2n) is 16.3. The van der Waals surface area contributed by atoms with Crippen molar-refractivity contribution in [3.63, 3.8) is 0 Å². The van der Waals surface area contributed by atoms with Gasteiger partial charge in [-0.25, -0.2) is 0 Å². The summed E-state index contributed by atoms with van der Waals surface area (Å²) < 4.78 is 352. The third-order valence-corrected chi connectivity index (χ3v) is 11.5. The largest absolute Gasteiger partial charge is 0.416 e. The quantitative estimate of drug-likeness (QED) is 0.0673. The number of ketones is 2. The molecule has 5 aromatic carbocycles. The molecule has 0 saturated heterocycles. The van der Waals surface area contributed by atoms with Gasteiger partial charge in [-0.05, 0) is 31.2 Å². The number of hydrogen-bond donors (Lipinski definition) is 0. The van der Waals surface area contributed by atoms with Crippen molar-refractivity contribution < 1.29 is 119 Å². The van der Waals surface area contributed by atoms with Gasteiger partial charge in [-0.1, -0.05) is 72.8 Å². The Kier molecular flexibility index (Phi) is 16.0. The van der Waals surface area contributed by atoms with Crippen molar-refractivity contribution in [2.24, 2.45) is 0 Å². The van der Waals surface area contributed by atoms with E-state index in [9.17, 15) is 119 Å². The van der Waals surface area contributed by atoms with E-state index in [2.05, 4.69) is 0 Å². The third-order valence-electron chi connectivity index (χ3n) is 10.5. The van der Waals surface area contributed by atoms with Crippen LogP contribution in [0.4, 0.5) is 105 Å². The molecule has 0 heterocycles. The molecule has 0 N–H and O–H groups in total. The molecule has 0 aromatic heterocycles. The van der Waals surface area contributed by atoms with Gasteiger partial charge < -0.3 is 0 Å². The summed E-state index contributed by atoms with van der Waals surface area (Å²) in [5.74, 6) is -0.402. The molecule has 3 nitrogen and oxygen atoms in total. The van der Waals surface area contributed by atoms with E-state index in [0.717, 1.165) is 0 Å². The minimum atomic E-state index is -6.13. The molecule has 0 atom stereocenters. The SMILES string of the molecule is CC(=O)c1ccccc1C(=O)C[S+](C)(C)=O.FC(F)(F)c1cc([B-](c2cc(C(F)(F)F)cc(C(F)(F)F)c2)(c2cc(C(F)(F)F)cc(C(F)(F)F)c2)c2cc(C(F)(F)F)cc(C(F)(F)F)c2)cc(C(F)(F)F)c1. The van der Waals surface area contributed by atoms with Gasteiger partial charge in [0.15, 0.2) is 11.5 Å². The second-order valence-corrected chi connectivity index (χ2v) is 19.5. The number of benzene rings is 5. The maximum absolute atomic E-state index is 14.2. The van der Waals surface area contributed by atoms with Crippen LogP contribution < -0.4 is 21.9 Å². The number of rotatable bonds is 8. The van der Waals surface area contributed by atoms with Crippen LogP contribution in [0.5, 0.6) is 0 Å². The number of hydrogen-bond acceptors (Lipinski definition) is 3. The van der Waals surface area contributed by atoms with Crippen molar-refractivity contribution in [3.8, 4) is 0 Å². The van der Waals surface area contributed by atoms with Crippen LogP contribution in [-0.2, 0) is 63.6 Å². The summed E-state index contributed by atoms with van der Waals surface area (Å²) in [5.41, 5.74) is -29.4. The Hall–Kier alpha value is -6.03. The van der Waals surface area contributed by atoms with Gasteiger partial charge >= 0.3 is 49.4 Å². The first-order valence-electron chi connectivity index (χ1n) is 19.5. The van der Waals surface area contributed by atoms with Gasteiger partial charge in [0.1, 0.15) is 18.7 Å². The maximum Gasteiger partial charge on any atom is 0.416 e. The fraction of sp³-hybridized carbons (Fsp3) is 0.273. The molecule has 73 heavy (non-hydrogen) atoms. The Bertz CT molecular complexity index is 2490. The molecule has 0 unspecified atom stereocenters. The lowest BCUT2D eigenvalue weighted by Gasteiger charge is -2.46. The van der Waals surface area contributed by atoms with E-state index in [1.54, 1.807) is 36.8 Å². The van der Waals surface area contributed by atoms with Gasteiger partial charge in [0.05, 0.1) is 54.4 Å². The zero-order valence-corrected chi connectivity index (χ0v) is 37.0. The van der Waals surface area contributed by atoms with Gasteiger partial charge in [0.25, 0.3) is 0 Å². The maximum atomic E-state index is 14.2. The van der Waals surface area contributed by atoms with Gasteiger partial charge in [-0.2, -0.15) is 127 Å². The Morgan fingerprint density at radius 2 is 0.562 bits per heavy atom. The zero-order valence-electron chi connectivity index (χ0n) is 36.2. The predicted molar refractivity (Wildman–Crippen MR) is 216 cm³/mol. The number of Topliss-reactive ketones (excluding diaryl/α,β-unsaturated/α-hetero) is 2. The Morgan fingerprint density at radius 1 is 0.370 bits per heavy atom. The van der Waals surface area contributed by atoms with Gasteiger partial charge in [-0.3, -0.25) is 9.59 Å². The standard InChI is InChI=1S/C32H12BF24.C12H15O3S/c34-25(35,36)13-1-14(26(37,38)39)6-21(5-13)33(22-7-15(27(40,41)42)2-16(8-22)28(43,44)45,23-9-17(29(46,47)48)3-18(10-23)30(49,50)51)24-11-19(31(52,53)54)4-20(12-24)32(55,56)57;1-9(13)10-6-4-5-7-11(10)12(14)8-16(2,3)15/h1-12H;4-7H,8H2,1-3H3/q-1;+1. The van der Waals surface area contributed by atoms with Crippen LogP contribution in [0.25, 0.3) is 0 Å². The molecule has 0 radical (unpaired) electrons.